The van der Waals surface area contributed by atoms with Gasteiger partial charge < -0.3 is 14.5 Å². The molecule has 2 rings (SSSR count). The summed E-state index contributed by atoms with van der Waals surface area (Å²) in [6.45, 7) is 5.50. The summed E-state index contributed by atoms with van der Waals surface area (Å²) in [5.41, 5.74) is 3.05. The lowest BCUT2D eigenvalue weighted by Gasteiger charge is -2.19. The highest BCUT2D eigenvalue weighted by atomic mass is 16.5. The van der Waals surface area contributed by atoms with Crippen LogP contribution in [0.2, 0.25) is 0 Å². The van der Waals surface area contributed by atoms with Crippen molar-refractivity contribution in [1.29, 1.82) is 0 Å². The largest absolute Gasteiger partial charge is 0.388 e. The van der Waals surface area contributed by atoms with Gasteiger partial charge in [0.2, 0.25) is 0 Å². The summed E-state index contributed by atoms with van der Waals surface area (Å²) in [5, 5.41) is 14.1. The summed E-state index contributed by atoms with van der Waals surface area (Å²) in [4.78, 5) is 2.18. The third kappa shape index (κ3) is 3.68. The number of hydrogen-bond acceptors (Lipinski definition) is 4. The zero-order valence-electron chi connectivity index (χ0n) is 12.3. The summed E-state index contributed by atoms with van der Waals surface area (Å²) in [7, 11) is 2.05. The molecule has 0 fully saturated rings. The molecule has 0 unspecified atom stereocenters. The van der Waals surface area contributed by atoms with Gasteiger partial charge in [-0.2, -0.15) is 0 Å². The fourth-order valence-electron chi connectivity index (χ4n) is 2.26. The van der Waals surface area contributed by atoms with Crippen LogP contribution in [0.1, 0.15) is 35.1 Å². The van der Waals surface area contributed by atoms with E-state index in [1.165, 1.54) is 0 Å². The van der Waals surface area contributed by atoms with Gasteiger partial charge in [0.1, 0.15) is 5.76 Å². The van der Waals surface area contributed by atoms with E-state index >= 15 is 0 Å². The van der Waals surface area contributed by atoms with Crippen molar-refractivity contribution in [2.45, 2.75) is 32.9 Å². The number of aryl methyl sites for hydroxylation is 2. The number of aliphatic hydroxyl groups is 1. The normalized spacial score (nSPS) is 12.8. The smallest absolute Gasteiger partial charge is 0.138 e. The Morgan fingerprint density at radius 2 is 1.95 bits per heavy atom. The van der Waals surface area contributed by atoms with Crippen LogP contribution in [-0.2, 0) is 6.54 Å². The van der Waals surface area contributed by atoms with Gasteiger partial charge in [0.15, 0.2) is 0 Å². The molecule has 0 spiro atoms. The molecule has 0 bridgehead atoms. The van der Waals surface area contributed by atoms with Crippen molar-refractivity contribution in [2.75, 3.05) is 13.6 Å². The number of rotatable bonds is 6. The van der Waals surface area contributed by atoms with Crippen molar-refractivity contribution in [3.05, 3.63) is 52.9 Å². The maximum atomic E-state index is 10.1. The summed E-state index contributed by atoms with van der Waals surface area (Å²) in [5.74, 6) is 0.873. The van der Waals surface area contributed by atoms with Crippen molar-refractivity contribution in [2.24, 2.45) is 0 Å². The summed E-state index contributed by atoms with van der Waals surface area (Å²) >= 11 is 0. The Morgan fingerprint density at radius 3 is 2.55 bits per heavy atom. The van der Waals surface area contributed by atoms with Gasteiger partial charge in [0.25, 0.3) is 0 Å². The molecule has 1 heterocycles. The first-order valence-corrected chi connectivity index (χ1v) is 6.91. The monoisotopic (exact) mass is 274 g/mol. The van der Waals surface area contributed by atoms with Gasteiger partial charge in [-0.3, -0.25) is 0 Å². The molecule has 2 aromatic rings. The van der Waals surface area contributed by atoms with E-state index in [9.17, 15) is 5.11 Å². The van der Waals surface area contributed by atoms with E-state index in [1.807, 2.05) is 51.2 Å². The fourth-order valence-corrected chi connectivity index (χ4v) is 2.26. The minimum Gasteiger partial charge on any atom is -0.388 e. The standard InChI is InChI=1S/C16H22N2O2/c1-12-15(13(2)20-17-12)11-18(3)10-9-16(19)14-7-5-4-6-8-14/h4-8,16,19H,9-11H2,1-3H3/t16-/m0/s1. The Hall–Kier alpha value is -1.65. The van der Waals surface area contributed by atoms with Crippen molar-refractivity contribution < 1.29 is 9.63 Å². The quantitative estimate of drug-likeness (QED) is 0.880. The Morgan fingerprint density at radius 1 is 1.25 bits per heavy atom. The first kappa shape index (κ1) is 14.8. The fraction of sp³-hybridized carbons (Fsp3) is 0.438. The summed E-state index contributed by atoms with van der Waals surface area (Å²) in [6, 6.07) is 9.77. The molecule has 4 nitrogen and oxygen atoms in total. The molecule has 0 saturated carbocycles. The number of benzene rings is 1. The molecule has 20 heavy (non-hydrogen) atoms. The molecule has 1 aromatic heterocycles. The number of aliphatic hydroxyl groups excluding tert-OH is 1. The Bertz CT molecular complexity index is 517. The first-order chi connectivity index (χ1) is 9.58. The lowest BCUT2D eigenvalue weighted by molar-refractivity contribution is 0.147. The topological polar surface area (TPSA) is 49.5 Å². The van der Waals surface area contributed by atoms with Crippen molar-refractivity contribution in [3.63, 3.8) is 0 Å². The third-order valence-electron chi connectivity index (χ3n) is 3.58. The van der Waals surface area contributed by atoms with E-state index in [0.29, 0.717) is 6.42 Å². The SMILES string of the molecule is Cc1noc(C)c1CN(C)CC[C@H](O)c1ccccc1. The van der Waals surface area contributed by atoms with E-state index in [2.05, 4.69) is 10.1 Å². The lowest BCUT2D eigenvalue weighted by Crippen LogP contribution is -2.21. The second-order valence-electron chi connectivity index (χ2n) is 5.26. The van der Waals surface area contributed by atoms with Gasteiger partial charge in [-0.25, -0.2) is 0 Å². The molecule has 0 aliphatic rings. The molecule has 1 atom stereocenters. The molecule has 0 aliphatic heterocycles. The Balaban J connectivity index is 1.85. The van der Waals surface area contributed by atoms with Crippen LogP contribution in [0.3, 0.4) is 0 Å². The van der Waals surface area contributed by atoms with E-state index in [-0.39, 0.29) is 0 Å². The highest BCUT2D eigenvalue weighted by molar-refractivity contribution is 5.20. The molecule has 0 aliphatic carbocycles. The van der Waals surface area contributed by atoms with E-state index in [0.717, 1.165) is 35.7 Å². The minimum atomic E-state index is -0.414. The average Bonchev–Trinajstić information content (AvgIpc) is 2.77. The zero-order chi connectivity index (χ0) is 14.5. The highest BCUT2D eigenvalue weighted by Gasteiger charge is 2.13. The van der Waals surface area contributed by atoms with Gasteiger partial charge in [-0.05, 0) is 32.9 Å². The Labute approximate surface area is 120 Å². The summed E-state index contributed by atoms with van der Waals surface area (Å²) in [6.07, 6.45) is 0.299. The second kappa shape index (κ2) is 6.68. The van der Waals surface area contributed by atoms with Crippen LogP contribution in [0.5, 0.6) is 0 Å². The predicted octanol–water partition coefficient (Wildman–Crippen LogP) is 2.85. The van der Waals surface area contributed by atoms with Crippen LogP contribution in [0.4, 0.5) is 0 Å². The van der Waals surface area contributed by atoms with Crippen LogP contribution in [-0.4, -0.2) is 28.8 Å². The first-order valence-electron chi connectivity index (χ1n) is 6.91. The molecule has 4 heteroatoms. The molecule has 1 aromatic carbocycles. The van der Waals surface area contributed by atoms with Crippen molar-refractivity contribution >= 4 is 0 Å². The van der Waals surface area contributed by atoms with Gasteiger partial charge in [-0.1, -0.05) is 35.5 Å². The molecular weight excluding hydrogens is 252 g/mol. The van der Waals surface area contributed by atoms with Gasteiger partial charge in [0, 0.05) is 18.7 Å². The van der Waals surface area contributed by atoms with Crippen molar-refractivity contribution in [1.82, 2.24) is 10.1 Å². The molecular formula is C16H22N2O2. The van der Waals surface area contributed by atoms with Crippen LogP contribution < -0.4 is 0 Å². The number of hydrogen-bond donors (Lipinski definition) is 1. The second-order valence-corrected chi connectivity index (χ2v) is 5.26. The van der Waals surface area contributed by atoms with E-state index < -0.39 is 6.10 Å². The third-order valence-corrected chi connectivity index (χ3v) is 3.58. The molecule has 0 saturated heterocycles. The predicted molar refractivity (Wildman–Crippen MR) is 78.3 cm³/mol. The van der Waals surface area contributed by atoms with Crippen molar-refractivity contribution in [3.8, 4) is 0 Å². The lowest BCUT2D eigenvalue weighted by atomic mass is 10.1. The van der Waals surface area contributed by atoms with Crippen LogP contribution >= 0.6 is 0 Å². The minimum absolute atomic E-state index is 0.414. The number of nitrogens with zero attached hydrogens (tertiary/aromatic N) is 2. The van der Waals surface area contributed by atoms with E-state index in [1.54, 1.807) is 0 Å². The maximum Gasteiger partial charge on any atom is 0.138 e. The van der Waals surface area contributed by atoms with Gasteiger partial charge in [0.05, 0.1) is 11.8 Å². The zero-order valence-corrected chi connectivity index (χ0v) is 12.3. The van der Waals surface area contributed by atoms with Crippen LogP contribution in [0.15, 0.2) is 34.9 Å². The van der Waals surface area contributed by atoms with Gasteiger partial charge >= 0.3 is 0 Å². The van der Waals surface area contributed by atoms with E-state index in [4.69, 9.17) is 4.52 Å². The van der Waals surface area contributed by atoms with Gasteiger partial charge in [-0.15, -0.1) is 0 Å². The molecule has 0 radical (unpaired) electrons. The van der Waals surface area contributed by atoms with Crippen LogP contribution in [0, 0.1) is 13.8 Å². The highest BCUT2D eigenvalue weighted by Crippen LogP contribution is 2.18. The molecule has 0 amide bonds. The summed E-state index contributed by atoms with van der Waals surface area (Å²) < 4.78 is 5.17. The van der Waals surface area contributed by atoms with Crippen LogP contribution in [0.25, 0.3) is 0 Å². The molecule has 108 valence electrons. The maximum absolute atomic E-state index is 10.1. The molecule has 1 N–H and O–H groups in total. The average molecular weight is 274 g/mol. The number of aromatic nitrogens is 1. The Kier molecular flexibility index (Phi) is 4.93.